The van der Waals surface area contributed by atoms with Crippen LogP contribution in [0.2, 0.25) is 0 Å². The highest BCUT2D eigenvalue weighted by molar-refractivity contribution is 5.76. The third-order valence-electron chi connectivity index (χ3n) is 1.97. The fourth-order valence-corrected chi connectivity index (χ4v) is 1.15. The summed E-state index contributed by atoms with van der Waals surface area (Å²) in [5.41, 5.74) is 0.196. The number of benzene rings is 1. The maximum Gasteiger partial charge on any atom is 0.221 e. The molecule has 0 aliphatic rings. The number of carbonyl (C=O) groups excluding carboxylic acids is 1. The molecular weight excluding hydrogens is 195 g/mol. The Morgan fingerprint density at radius 3 is 2.80 bits per heavy atom. The molecule has 1 aromatic rings. The molecule has 4 heteroatoms. The van der Waals surface area contributed by atoms with E-state index in [1.54, 1.807) is 13.0 Å². The van der Waals surface area contributed by atoms with Crippen molar-refractivity contribution in [2.24, 2.45) is 0 Å². The van der Waals surface area contributed by atoms with Gasteiger partial charge in [-0.1, -0.05) is 25.1 Å². The largest absolute Gasteiger partial charge is 0.337 e. The Morgan fingerprint density at radius 2 is 2.27 bits per heavy atom. The van der Waals surface area contributed by atoms with E-state index in [4.69, 9.17) is 5.26 Å². The Bertz CT molecular complexity index is 398. The van der Waals surface area contributed by atoms with Gasteiger partial charge in [-0.3, -0.25) is 4.79 Å². The van der Waals surface area contributed by atoms with Crippen LogP contribution in [-0.2, 0) is 4.79 Å². The highest BCUT2D eigenvalue weighted by Crippen LogP contribution is 2.15. The molecule has 0 aliphatic heterocycles. The van der Waals surface area contributed by atoms with Crippen LogP contribution in [0.25, 0.3) is 0 Å². The topological polar surface area (TPSA) is 52.9 Å². The fraction of sp³-hybridized carbons (Fsp3) is 0.273. The molecule has 0 bridgehead atoms. The molecule has 0 saturated heterocycles. The first-order valence-corrected chi connectivity index (χ1v) is 4.62. The second-order valence-electron chi connectivity index (χ2n) is 3.00. The number of rotatable bonds is 3. The van der Waals surface area contributed by atoms with Gasteiger partial charge in [-0.2, -0.15) is 5.26 Å². The van der Waals surface area contributed by atoms with Crippen LogP contribution in [-0.4, -0.2) is 5.91 Å². The number of nitrogens with one attached hydrogen (secondary N) is 1. The minimum atomic E-state index is -0.918. The van der Waals surface area contributed by atoms with Crippen molar-refractivity contribution < 1.29 is 9.18 Å². The maximum absolute atomic E-state index is 13.3. The standard InChI is InChI=1S/C11H11FN2O/c1-2-11(15)14-10(7-13)8-5-3-4-6-9(8)12/h3-6,10H,2H2,1H3,(H,14,15). The third-order valence-corrected chi connectivity index (χ3v) is 1.97. The molecule has 1 atom stereocenters. The van der Waals surface area contributed by atoms with E-state index >= 15 is 0 Å². The smallest absolute Gasteiger partial charge is 0.221 e. The summed E-state index contributed by atoms with van der Waals surface area (Å²) in [6, 6.07) is 6.84. The van der Waals surface area contributed by atoms with Crippen LogP contribution >= 0.6 is 0 Å². The normalized spacial score (nSPS) is 11.5. The zero-order chi connectivity index (χ0) is 11.3. The molecular formula is C11H11FN2O. The predicted molar refractivity (Wildman–Crippen MR) is 53.2 cm³/mol. The van der Waals surface area contributed by atoms with Gasteiger partial charge in [0.25, 0.3) is 0 Å². The van der Waals surface area contributed by atoms with E-state index in [0.29, 0.717) is 0 Å². The molecule has 1 aromatic carbocycles. The molecule has 0 saturated carbocycles. The van der Waals surface area contributed by atoms with Crippen molar-refractivity contribution in [1.82, 2.24) is 5.32 Å². The van der Waals surface area contributed by atoms with Crippen molar-refractivity contribution in [1.29, 1.82) is 5.26 Å². The van der Waals surface area contributed by atoms with Crippen molar-refractivity contribution >= 4 is 5.91 Å². The van der Waals surface area contributed by atoms with Gasteiger partial charge < -0.3 is 5.32 Å². The summed E-state index contributed by atoms with van der Waals surface area (Å²) in [7, 11) is 0. The van der Waals surface area contributed by atoms with Crippen LogP contribution in [0.5, 0.6) is 0 Å². The zero-order valence-corrected chi connectivity index (χ0v) is 8.33. The molecule has 0 aliphatic carbocycles. The number of carbonyl (C=O) groups is 1. The number of amides is 1. The quantitative estimate of drug-likeness (QED) is 0.821. The van der Waals surface area contributed by atoms with E-state index < -0.39 is 11.9 Å². The van der Waals surface area contributed by atoms with E-state index in [2.05, 4.69) is 5.32 Å². The minimum Gasteiger partial charge on any atom is -0.337 e. The number of hydrogen-bond donors (Lipinski definition) is 1. The molecule has 0 heterocycles. The van der Waals surface area contributed by atoms with Crippen LogP contribution in [0.15, 0.2) is 24.3 Å². The van der Waals surface area contributed by atoms with Gasteiger partial charge in [-0.25, -0.2) is 4.39 Å². The van der Waals surface area contributed by atoms with Crippen LogP contribution in [0.3, 0.4) is 0 Å². The molecule has 0 fully saturated rings. The fourth-order valence-electron chi connectivity index (χ4n) is 1.15. The van der Waals surface area contributed by atoms with Gasteiger partial charge in [0.15, 0.2) is 0 Å². The highest BCUT2D eigenvalue weighted by Gasteiger charge is 2.15. The molecule has 3 nitrogen and oxygen atoms in total. The Kier molecular flexibility index (Phi) is 3.81. The summed E-state index contributed by atoms with van der Waals surface area (Å²) in [5, 5.41) is 11.3. The first-order chi connectivity index (χ1) is 7.19. The molecule has 0 radical (unpaired) electrons. The Hall–Kier alpha value is -1.89. The van der Waals surface area contributed by atoms with Gasteiger partial charge in [0, 0.05) is 12.0 Å². The van der Waals surface area contributed by atoms with Crippen molar-refractivity contribution in [2.75, 3.05) is 0 Å². The second-order valence-corrected chi connectivity index (χ2v) is 3.00. The molecule has 0 spiro atoms. The zero-order valence-electron chi connectivity index (χ0n) is 8.33. The number of halogens is 1. The first-order valence-electron chi connectivity index (χ1n) is 4.62. The van der Waals surface area contributed by atoms with E-state index in [0.717, 1.165) is 0 Å². The van der Waals surface area contributed by atoms with Crippen LogP contribution in [0, 0.1) is 17.1 Å². The Labute approximate surface area is 87.5 Å². The summed E-state index contributed by atoms with van der Waals surface area (Å²) in [5.74, 6) is -0.759. The van der Waals surface area contributed by atoms with Crippen LogP contribution in [0.4, 0.5) is 4.39 Å². The molecule has 1 unspecified atom stereocenters. The van der Waals surface area contributed by atoms with E-state index in [1.165, 1.54) is 18.2 Å². The average molecular weight is 206 g/mol. The van der Waals surface area contributed by atoms with Gasteiger partial charge in [0.1, 0.15) is 11.9 Å². The van der Waals surface area contributed by atoms with E-state index in [-0.39, 0.29) is 17.9 Å². The summed E-state index contributed by atoms with van der Waals surface area (Å²) in [6.07, 6.45) is 0.270. The molecule has 0 aromatic heterocycles. The summed E-state index contributed by atoms with van der Waals surface area (Å²) in [6.45, 7) is 1.67. The van der Waals surface area contributed by atoms with Gasteiger partial charge in [0.2, 0.25) is 5.91 Å². The lowest BCUT2D eigenvalue weighted by atomic mass is 10.1. The van der Waals surface area contributed by atoms with Crippen molar-refractivity contribution in [2.45, 2.75) is 19.4 Å². The van der Waals surface area contributed by atoms with Crippen LogP contribution in [0.1, 0.15) is 24.9 Å². The third kappa shape index (κ3) is 2.78. The summed E-state index contributed by atoms with van der Waals surface area (Å²) < 4.78 is 13.3. The number of nitriles is 1. The van der Waals surface area contributed by atoms with E-state index in [1.807, 2.05) is 6.07 Å². The summed E-state index contributed by atoms with van der Waals surface area (Å²) in [4.78, 5) is 11.1. The van der Waals surface area contributed by atoms with Gasteiger partial charge in [-0.05, 0) is 6.07 Å². The lowest BCUT2D eigenvalue weighted by Gasteiger charge is -2.11. The van der Waals surface area contributed by atoms with E-state index in [9.17, 15) is 9.18 Å². The molecule has 1 amide bonds. The van der Waals surface area contributed by atoms with Crippen molar-refractivity contribution in [3.8, 4) is 6.07 Å². The second kappa shape index (κ2) is 5.11. The number of nitrogens with zero attached hydrogens (tertiary/aromatic N) is 1. The first kappa shape index (κ1) is 11.2. The highest BCUT2D eigenvalue weighted by atomic mass is 19.1. The molecule has 78 valence electrons. The Balaban J connectivity index is 2.89. The monoisotopic (exact) mass is 206 g/mol. The van der Waals surface area contributed by atoms with Gasteiger partial charge in [0.05, 0.1) is 6.07 Å². The Morgan fingerprint density at radius 1 is 1.60 bits per heavy atom. The molecule has 15 heavy (non-hydrogen) atoms. The number of hydrogen-bond acceptors (Lipinski definition) is 2. The molecule has 1 rings (SSSR count). The molecule has 1 N–H and O–H groups in total. The SMILES string of the molecule is CCC(=O)NC(C#N)c1ccccc1F. The minimum absolute atomic E-state index is 0.196. The maximum atomic E-state index is 13.3. The van der Waals surface area contributed by atoms with Crippen molar-refractivity contribution in [3.05, 3.63) is 35.6 Å². The van der Waals surface area contributed by atoms with Gasteiger partial charge in [-0.15, -0.1) is 0 Å². The summed E-state index contributed by atoms with van der Waals surface area (Å²) >= 11 is 0. The van der Waals surface area contributed by atoms with Gasteiger partial charge >= 0.3 is 0 Å². The lowest BCUT2D eigenvalue weighted by Crippen LogP contribution is -2.27. The lowest BCUT2D eigenvalue weighted by molar-refractivity contribution is -0.121. The average Bonchev–Trinajstić information content (AvgIpc) is 2.26. The van der Waals surface area contributed by atoms with Crippen LogP contribution < -0.4 is 5.32 Å². The predicted octanol–water partition coefficient (Wildman–Crippen LogP) is 1.92. The van der Waals surface area contributed by atoms with Crippen molar-refractivity contribution in [3.63, 3.8) is 0 Å².